The molecule has 2 nitrogen and oxygen atoms in total. The second kappa shape index (κ2) is 3.24. The van der Waals surface area contributed by atoms with Gasteiger partial charge in [-0.2, -0.15) is 0 Å². The molecule has 0 amide bonds. The van der Waals surface area contributed by atoms with Crippen LogP contribution in [-0.2, 0) is 0 Å². The number of halogens is 1. The predicted molar refractivity (Wildman–Crippen MR) is 32.9 cm³/mol. The van der Waals surface area contributed by atoms with Crippen LogP contribution in [0, 0.1) is 0 Å². The summed E-state index contributed by atoms with van der Waals surface area (Å²) < 4.78 is 0.725. The molecule has 2 N–H and O–H groups in total. The van der Waals surface area contributed by atoms with Gasteiger partial charge in [-0.15, -0.1) is 0 Å². The fourth-order valence-electron chi connectivity index (χ4n) is 0.205. The van der Waals surface area contributed by atoms with Crippen LogP contribution >= 0.6 is 15.9 Å². The van der Waals surface area contributed by atoms with Gasteiger partial charge in [0.1, 0.15) is 0 Å². The molecule has 0 aliphatic heterocycles. The van der Waals surface area contributed by atoms with E-state index in [-0.39, 0.29) is 0 Å². The second-order valence-electron chi connectivity index (χ2n) is 1.17. The summed E-state index contributed by atoms with van der Waals surface area (Å²) in [5, 5.41) is 16.3. The molecule has 4 heteroatoms. The van der Waals surface area contributed by atoms with E-state index in [9.17, 15) is 0 Å². The lowest BCUT2D eigenvalue weighted by Gasteiger charge is -1.84. The summed E-state index contributed by atoms with van der Waals surface area (Å²) in [6, 6.07) is 0. The van der Waals surface area contributed by atoms with Crippen LogP contribution in [0.3, 0.4) is 0 Å². The van der Waals surface area contributed by atoms with Gasteiger partial charge in [-0.05, 0) is 17.4 Å². The molecule has 0 fully saturated rings. The molecule has 0 saturated carbocycles. The zero-order chi connectivity index (χ0) is 5.86. The molecular weight excluding hydrogens is 159 g/mol. The predicted octanol–water partition coefficient (Wildman–Crippen LogP) is 0.297. The van der Waals surface area contributed by atoms with Gasteiger partial charge in [-0.3, -0.25) is 0 Å². The first-order chi connectivity index (χ1) is 3.13. The summed E-state index contributed by atoms with van der Waals surface area (Å²) in [4.78, 5) is 0. The first-order valence-electron chi connectivity index (χ1n) is 1.83. The van der Waals surface area contributed by atoms with Crippen LogP contribution < -0.4 is 0 Å². The van der Waals surface area contributed by atoms with Gasteiger partial charge in [-0.1, -0.05) is 15.9 Å². The van der Waals surface area contributed by atoms with Gasteiger partial charge in [-0.25, -0.2) is 0 Å². The Hall–Kier alpha value is 0.205. The average molecular weight is 165 g/mol. The third-order valence-electron chi connectivity index (χ3n) is 0.379. The molecule has 0 atom stereocenters. The normalized spacial score (nSPS) is 11.7. The molecule has 0 aromatic carbocycles. The maximum absolute atomic E-state index is 8.17. The van der Waals surface area contributed by atoms with Gasteiger partial charge in [0.25, 0.3) is 0 Å². The maximum atomic E-state index is 8.17. The smallest absolute Gasteiger partial charge is 0.424 e. The Morgan fingerprint density at radius 3 is 2.14 bits per heavy atom. The average Bonchev–Trinajstić information content (AvgIpc) is 1.27. The van der Waals surface area contributed by atoms with Gasteiger partial charge in [0, 0.05) is 0 Å². The highest BCUT2D eigenvalue weighted by Crippen LogP contribution is 2.00. The van der Waals surface area contributed by atoms with Crippen molar-refractivity contribution in [2.24, 2.45) is 0 Å². The van der Waals surface area contributed by atoms with E-state index < -0.39 is 7.12 Å². The summed E-state index contributed by atoms with van der Waals surface area (Å²) in [6.45, 7) is 1.72. The molecule has 0 aliphatic carbocycles. The fourth-order valence-corrected chi connectivity index (χ4v) is 0.442. The largest absolute Gasteiger partial charge is 0.481 e. The molecule has 0 unspecified atom stereocenters. The Bertz CT molecular complexity index is 77.0. The molecule has 0 aromatic heterocycles. The van der Waals surface area contributed by atoms with E-state index in [0.29, 0.717) is 0 Å². The molecule has 0 heterocycles. The lowest BCUT2D eigenvalue weighted by Crippen LogP contribution is -2.05. The first-order valence-corrected chi connectivity index (χ1v) is 2.62. The third-order valence-corrected chi connectivity index (χ3v) is 0.643. The summed E-state index contributed by atoms with van der Waals surface area (Å²) in [5.41, 5.74) is 0. The van der Waals surface area contributed by atoms with Crippen molar-refractivity contribution in [3.8, 4) is 0 Å². The minimum absolute atomic E-state index is 0.725. The highest BCUT2D eigenvalue weighted by atomic mass is 79.9. The van der Waals surface area contributed by atoms with Crippen molar-refractivity contribution in [1.29, 1.82) is 0 Å². The van der Waals surface area contributed by atoms with Crippen molar-refractivity contribution in [1.82, 2.24) is 0 Å². The molecule has 0 aliphatic rings. The summed E-state index contributed by atoms with van der Waals surface area (Å²) in [6.07, 6.45) is 0. The molecule has 0 aromatic rings. The highest BCUT2D eigenvalue weighted by Gasteiger charge is 1.98. The summed E-state index contributed by atoms with van der Waals surface area (Å²) >= 11 is 3.02. The van der Waals surface area contributed by atoms with E-state index in [4.69, 9.17) is 10.0 Å². The minimum atomic E-state index is -1.33. The Balaban J connectivity index is 3.45. The molecule has 0 bridgehead atoms. The Kier molecular flexibility index (Phi) is 3.33. The van der Waals surface area contributed by atoms with Gasteiger partial charge < -0.3 is 10.0 Å². The Morgan fingerprint density at radius 2 is 2.14 bits per heavy atom. The molecular formula is C3H6BBrO2. The lowest BCUT2D eigenvalue weighted by molar-refractivity contribution is 0.424. The van der Waals surface area contributed by atoms with E-state index in [1.807, 2.05) is 0 Å². The summed E-state index contributed by atoms with van der Waals surface area (Å²) in [7, 11) is -1.33. The van der Waals surface area contributed by atoms with Crippen LogP contribution in [0.5, 0.6) is 0 Å². The monoisotopic (exact) mass is 164 g/mol. The van der Waals surface area contributed by atoms with E-state index in [0.717, 1.165) is 4.48 Å². The van der Waals surface area contributed by atoms with E-state index >= 15 is 0 Å². The zero-order valence-electron chi connectivity index (χ0n) is 3.93. The quantitative estimate of drug-likeness (QED) is 0.548. The van der Waals surface area contributed by atoms with Crippen LogP contribution in [0.1, 0.15) is 6.92 Å². The van der Waals surface area contributed by atoms with Crippen molar-refractivity contribution in [2.45, 2.75) is 6.92 Å². The Labute approximate surface area is 51.1 Å². The highest BCUT2D eigenvalue weighted by molar-refractivity contribution is 9.11. The molecule has 0 spiro atoms. The van der Waals surface area contributed by atoms with Gasteiger partial charge >= 0.3 is 7.12 Å². The SMILES string of the molecule is C/C(Br)=C/B(O)O. The van der Waals surface area contributed by atoms with Crippen molar-refractivity contribution in [3.63, 3.8) is 0 Å². The topological polar surface area (TPSA) is 40.5 Å². The molecule has 40 valence electrons. The molecule has 7 heavy (non-hydrogen) atoms. The molecule has 0 rings (SSSR count). The number of hydrogen-bond donors (Lipinski definition) is 2. The summed E-state index contributed by atoms with van der Waals surface area (Å²) in [5.74, 6) is 1.28. The van der Waals surface area contributed by atoms with Gasteiger partial charge in [0.15, 0.2) is 0 Å². The lowest BCUT2D eigenvalue weighted by atomic mass is 9.92. The van der Waals surface area contributed by atoms with E-state index in [2.05, 4.69) is 15.9 Å². The minimum Gasteiger partial charge on any atom is -0.424 e. The standard InChI is InChI=1S/C3H6BBrO2/c1-3(5)2-4(6)7/h2,6-7H,1H3/b3-2-. The zero-order valence-corrected chi connectivity index (χ0v) is 5.51. The van der Waals surface area contributed by atoms with Crippen LogP contribution in [0.25, 0.3) is 0 Å². The van der Waals surface area contributed by atoms with Gasteiger partial charge in [0.05, 0.1) is 0 Å². The van der Waals surface area contributed by atoms with E-state index in [1.54, 1.807) is 6.92 Å². The van der Waals surface area contributed by atoms with E-state index in [1.165, 1.54) is 5.98 Å². The third kappa shape index (κ3) is 6.20. The number of allylic oxidation sites excluding steroid dienone is 1. The van der Waals surface area contributed by atoms with Crippen LogP contribution in [0.2, 0.25) is 0 Å². The second-order valence-corrected chi connectivity index (χ2v) is 2.42. The van der Waals surface area contributed by atoms with Crippen molar-refractivity contribution < 1.29 is 10.0 Å². The van der Waals surface area contributed by atoms with Crippen LogP contribution in [-0.4, -0.2) is 17.2 Å². The van der Waals surface area contributed by atoms with Crippen molar-refractivity contribution in [2.75, 3.05) is 0 Å². The van der Waals surface area contributed by atoms with Crippen molar-refractivity contribution in [3.05, 3.63) is 10.5 Å². The fraction of sp³-hybridized carbons (Fsp3) is 0.333. The Morgan fingerprint density at radius 1 is 1.71 bits per heavy atom. The molecule has 0 saturated heterocycles. The number of hydrogen-bond acceptors (Lipinski definition) is 2. The maximum Gasteiger partial charge on any atom is 0.481 e. The van der Waals surface area contributed by atoms with Crippen LogP contribution in [0.4, 0.5) is 0 Å². The van der Waals surface area contributed by atoms with Crippen molar-refractivity contribution >= 4 is 23.0 Å². The van der Waals surface area contributed by atoms with Gasteiger partial charge in [0.2, 0.25) is 0 Å². The van der Waals surface area contributed by atoms with Crippen LogP contribution in [0.15, 0.2) is 10.5 Å². The first kappa shape index (κ1) is 7.20. The number of rotatable bonds is 1. The molecule has 0 radical (unpaired) electrons.